The summed E-state index contributed by atoms with van der Waals surface area (Å²) in [7, 11) is 0. The van der Waals surface area contributed by atoms with Gasteiger partial charge in [0.2, 0.25) is 0 Å². The van der Waals surface area contributed by atoms with Crippen LogP contribution in [-0.2, 0) is 13.0 Å². The van der Waals surface area contributed by atoms with E-state index in [4.69, 9.17) is 12.2 Å². The van der Waals surface area contributed by atoms with Crippen molar-refractivity contribution in [3.05, 3.63) is 65.7 Å². The fourth-order valence-corrected chi connectivity index (χ4v) is 4.91. The number of rotatable bonds is 5. The lowest BCUT2D eigenvalue weighted by Gasteiger charge is -2.39. The molecule has 0 unspecified atom stereocenters. The molecule has 2 aliphatic heterocycles. The third kappa shape index (κ3) is 4.50. The maximum atomic E-state index is 5.57. The predicted octanol–water partition coefficient (Wildman–Crippen LogP) is 4.73. The first kappa shape index (κ1) is 18.5. The Morgan fingerprint density at radius 3 is 2.26 bits per heavy atom. The molecule has 142 valence electrons. The quantitative estimate of drug-likeness (QED) is 0.735. The molecule has 4 heteroatoms. The van der Waals surface area contributed by atoms with Crippen LogP contribution in [0.15, 0.2) is 54.6 Å². The molecular weight excluding hydrogens is 350 g/mol. The van der Waals surface area contributed by atoms with Gasteiger partial charge in [0.05, 0.1) is 0 Å². The Morgan fingerprint density at radius 2 is 1.63 bits per heavy atom. The zero-order valence-electron chi connectivity index (χ0n) is 16.0. The van der Waals surface area contributed by atoms with Crippen molar-refractivity contribution in [3.63, 3.8) is 0 Å². The second-order valence-corrected chi connectivity index (χ2v) is 8.27. The molecule has 0 spiro atoms. The first-order valence-corrected chi connectivity index (χ1v) is 10.6. The Hall–Kier alpha value is -1.91. The van der Waals surface area contributed by atoms with Crippen molar-refractivity contribution in [1.29, 1.82) is 0 Å². The number of benzene rings is 2. The molecule has 0 radical (unpaired) electrons. The zero-order valence-corrected chi connectivity index (χ0v) is 16.8. The van der Waals surface area contributed by atoms with E-state index in [2.05, 4.69) is 77.1 Å². The van der Waals surface area contributed by atoms with Crippen molar-refractivity contribution in [1.82, 2.24) is 10.2 Å². The zero-order chi connectivity index (χ0) is 18.6. The predicted molar refractivity (Wildman–Crippen MR) is 117 cm³/mol. The van der Waals surface area contributed by atoms with Gasteiger partial charge in [0, 0.05) is 30.4 Å². The molecule has 3 nitrogen and oxygen atoms in total. The van der Waals surface area contributed by atoms with E-state index in [0.29, 0.717) is 18.1 Å². The summed E-state index contributed by atoms with van der Waals surface area (Å²) in [5.74, 6) is 0. The van der Waals surface area contributed by atoms with E-state index in [1.807, 2.05) is 0 Å². The molecule has 2 aromatic rings. The van der Waals surface area contributed by atoms with Gasteiger partial charge < -0.3 is 10.6 Å². The highest BCUT2D eigenvalue weighted by Gasteiger charge is 2.40. The fraction of sp³-hybridized carbons (Fsp3) is 0.435. The van der Waals surface area contributed by atoms with Crippen molar-refractivity contribution in [2.75, 3.05) is 5.32 Å². The standard InChI is InChI=1S/C23H29N3S/c1-2-17-8-10-19(11-9-17)24-23(27)25-20-14-21-12-13-22(15-20)26(21)16-18-6-4-3-5-7-18/h3-11,20-22H,2,12-16H2,1H3,(H2,24,25,27)/t21-,22-/m1/s1. The summed E-state index contributed by atoms with van der Waals surface area (Å²) in [4.78, 5) is 2.72. The van der Waals surface area contributed by atoms with E-state index in [0.717, 1.165) is 23.8 Å². The van der Waals surface area contributed by atoms with Crippen LogP contribution in [-0.4, -0.2) is 28.1 Å². The van der Waals surface area contributed by atoms with Crippen LogP contribution in [0.4, 0.5) is 5.69 Å². The molecule has 2 bridgehead atoms. The molecule has 0 aliphatic carbocycles. The first-order valence-electron chi connectivity index (χ1n) is 10.2. The average Bonchev–Trinajstić information content (AvgIpc) is 2.91. The minimum Gasteiger partial charge on any atom is -0.360 e. The minimum atomic E-state index is 0.476. The van der Waals surface area contributed by atoms with Gasteiger partial charge in [0.15, 0.2) is 5.11 Å². The fourth-order valence-electron chi connectivity index (χ4n) is 4.62. The molecule has 0 saturated carbocycles. The second kappa shape index (κ2) is 8.41. The smallest absolute Gasteiger partial charge is 0.170 e. The Labute approximate surface area is 168 Å². The van der Waals surface area contributed by atoms with E-state index in [1.54, 1.807) is 0 Å². The highest BCUT2D eigenvalue weighted by molar-refractivity contribution is 7.80. The number of nitrogens with one attached hydrogen (secondary N) is 2. The largest absolute Gasteiger partial charge is 0.360 e. The molecular formula is C23H29N3S. The summed E-state index contributed by atoms with van der Waals surface area (Å²) in [6.45, 7) is 3.25. The second-order valence-electron chi connectivity index (χ2n) is 7.86. The molecule has 2 saturated heterocycles. The Kier molecular flexibility index (Phi) is 5.74. The Bertz CT molecular complexity index is 745. The van der Waals surface area contributed by atoms with E-state index in [1.165, 1.54) is 36.8 Å². The van der Waals surface area contributed by atoms with Gasteiger partial charge in [-0.2, -0.15) is 0 Å². The van der Waals surface area contributed by atoms with Gasteiger partial charge in [-0.15, -0.1) is 0 Å². The summed E-state index contributed by atoms with van der Waals surface area (Å²) in [5.41, 5.74) is 3.84. The van der Waals surface area contributed by atoms with Crippen molar-refractivity contribution in [3.8, 4) is 0 Å². The van der Waals surface area contributed by atoms with Gasteiger partial charge in [0.25, 0.3) is 0 Å². The van der Waals surface area contributed by atoms with Crippen LogP contribution in [0.25, 0.3) is 0 Å². The number of hydrogen-bond acceptors (Lipinski definition) is 2. The molecule has 2 atom stereocenters. The normalized spacial score (nSPS) is 24.6. The average molecular weight is 380 g/mol. The number of thiocarbonyl (C=S) groups is 1. The molecule has 2 heterocycles. The lowest BCUT2D eigenvalue weighted by atomic mass is 9.96. The van der Waals surface area contributed by atoms with Gasteiger partial charge in [-0.25, -0.2) is 0 Å². The maximum Gasteiger partial charge on any atom is 0.170 e. The van der Waals surface area contributed by atoms with Crippen LogP contribution in [0.1, 0.15) is 43.7 Å². The molecule has 27 heavy (non-hydrogen) atoms. The summed E-state index contributed by atoms with van der Waals surface area (Å²) >= 11 is 5.57. The van der Waals surface area contributed by atoms with Crippen molar-refractivity contribution in [2.24, 2.45) is 0 Å². The lowest BCUT2D eigenvalue weighted by Crippen LogP contribution is -2.50. The first-order chi connectivity index (χ1) is 13.2. The van der Waals surface area contributed by atoms with Crippen LogP contribution in [0.2, 0.25) is 0 Å². The van der Waals surface area contributed by atoms with E-state index in [9.17, 15) is 0 Å². The highest BCUT2D eigenvalue weighted by atomic mass is 32.1. The molecule has 0 aromatic heterocycles. The van der Waals surface area contributed by atoms with Gasteiger partial charge in [-0.1, -0.05) is 49.4 Å². The molecule has 0 amide bonds. The number of fused-ring (bicyclic) bond motifs is 2. The van der Waals surface area contributed by atoms with Gasteiger partial charge in [-0.3, -0.25) is 4.90 Å². The van der Waals surface area contributed by atoms with E-state index in [-0.39, 0.29) is 0 Å². The van der Waals surface area contributed by atoms with Crippen LogP contribution >= 0.6 is 12.2 Å². The van der Waals surface area contributed by atoms with E-state index >= 15 is 0 Å². The maximum absolute atomic E-state index is 5.57. The highest BCUT2D eigenvalue weighted by Crippen LogP contribution is 2.36. The third-order valence-corrected chi connectivity index (χ3v) is 6.27. The topological polar surface area (TPSA) is 27.3 Å². The molecule has 2 N–H and O–H groups in total. The van der Waals surface area contributed by atoms with Crippen molar-refractivity contribution in [2.45, 2.75) is 63.7 Å². The molecule has 2 aliphatic rings. The SMILES string of the molecule is CCc1ccc(NC(=S)NC2C[C@H]3CC[C@H](C2)N3Cc2ccccc2)cc1. The van der Waals surface area contributed by atoms with Crippen LogP contribution < -0.4 is 10.6 Å². The number of hydrogen-bond donors (Lipinski definition) is 2. The van der Waals surface area contributed by atoms with Crippen molar-refractivity contribution >= 4 is 23.0 Å². The summed E-state index contributed by atoms with van der Waals surface area (Å²) in [5, 5.41) is 7.67. The molecule has 2 aromatic carbocycles. The number of aryl methyl sites for hydroxylation is 1. The number of anilines is 1. The Balaban J connectivity index is 1.31. The van der Waals surface area contributed by atoms with Gasteiger partial charge >= 0.3 is 0 Å². The van der Waals surface area contributed by atoms with Crippen LogP contribution in [0, 0.1) is 0 Å². The minimum absolute atomic E-state index is 0.476. The van der Waals surface area contributed by atoms with Gasteiger partial charge in [-0.05, 0) is 67.6 Å². The van der Waals surface area contributed by atoms with Crippen LogP contribution in [0.3, 0.4) is 0 Å². The van der Waals surface area contributed by atoms with Crippen LogP contribution in [0.5, 0.6) is 0 Å². The number of piperidine rings is 1. The summed E-state index contributed by atoms with van der Waals surface area (Å²) < 4.78 is 0. The molecule has 2 fully saturated rings. The summed E-state index contributed by atoms with van der Waals surface area (Å²) in [6.07, 6.45) is 6.05. The third-order valence-electron chi connectivity index (χ3n) is 6.05. The number of nitrogens with zero attached hydrogens (tertiary/aromatic N) is 1. The molecule has 4 rings (SSSR count). The van der Waals surface area contributed by atoms with Gasteiger partial charge in [0.1, 0.15) is 0 Å². The van der Waals surface area contributed by atoms with Crippen molar-refractivity contribution < 1.29 is 0 Å². The van der Waals surface area contributed by atoms with E-state index < -0.39 is 0 Å². The summed E-state index contributed by atoms with van der Waals surface area (Å²) in [6, 6.07) is 21.2. The Morgan fingerprint density at radius 1 is 0.963 bits per heavy atom. The monoisotopic (exact) mass is 379 g/mol. The lowest BCUT2D eigenvalue weighted by molar-refractivity contribution is 0.115.